The fourth-order valence-electron chi connectivity index (χ4n) is 2.74. The maximum Gasteiger partial charge on any atom is 0.0578 e. The lowest BCUT2D eigenvalue weighted by Crippen LogP contribution is -2.23. The van der Waals surface area contributed by atoms with Crippen LogP contribution < -0.4 is 5.32 Å². The molecule has 1 atom stereocenters. The Morgan fingerprint density at radius 1 is 1.00 bits per heavy atom. The van der Waals surface area contributed by atoms with Gasteiger partial charge in [0.25, 0.3) is 0 Å². The molecule has 0 aliphatic heterocycles. The van der Waals surface area contributed by atoms with Crippen LogP contribution in [0.5, 0.6) is 0 Å². The Morgan fingerprint density at radius 3 is 2.33 bits per heavy atom. The molecule has 0 aliphatic rings. The number of benzene rings is 1. The molecular formula is C19H26N2. The van der Waals surface area contributed by atoms with Crippen molar-refractivity contribution in [1.29, 1.82) is 0 Å². The summed E-state index contributed by atoms with van der Waals surface area (Å²) in [6, 6.07) is 13.5. The van der Waals surface area contributed by atoms with Gasteiger partial charge in [0.05, 0.1) is 6.04 Å². The van der Waals surface area contributed by atoms with Crippen molar-refractivity contribution in [3.05, 3.63) is 64.5 Å². The molecular weight excluding hydrogens is 256 g/mol. The number of nitrogens with one attached hydrogen (secondary N) is 1. The van der Waals surface area contributed by atoms with Gasteiger partial charge in [-0.3, -0.25) is 4.98 Å². The summed E-state index contributed by atoms with van der Waals surface area (Å²) in [7, 11) is 0. The zero-order chi connectivity index (χ0) is 15.2. The molecule has 21 heavy (non-hydrogen) atoms. The molecule has 2 nitrogen and oxygen atoms in total. The van der Waals surface area contributed by atoms with Gasteiger partial charge >= 0.3 is 0 Å². The predicted octanol–water partition coefficient (Wildman–Crippen LogP) is 4.35. The van der Waals surface area contributed by atoms with E-state index in [1.807, 2.05) is 0 Å². The summed E-state index contributed by atoms with van der Waals surface area (Å²) in [6.07, 6.45) is 2.20. The molecule has 0 spiro atoms. The second kappa shape index (κ2) is 7.37. The predicted molar refractivity (Wildman–Crippen MR) is 89.7 cm³/mol. The number of aromatic nitrogens is 1. The molecule has 1 aromatic heterocycles. The van der Waals surface area contributed by atoms with Gasteiger partial charge in [0, 0.05) is 11.4 Å². The summed E-state index contributed by atoms with van der Waals surface area (Å²) < 4.78 is 0. The monoisotopic (exact) mass is 282 g/mol. The van der Waals surface area contributed by atoms with E-state index in [-0.39, 0.29) is 6.04 Å². The van der Waals surface area contributed by atoms with Crippen LogP contribution in [0.2, 0.25) is 0 Å². The summed E-state index contributed by atoms with van der Waals surface area (Å²) in [6.45, 7) is 9.55. The Morgan fingerprint density at radius 2 is 1.71 bits per heavy atom. The first-order valence-electron chi connectivity index (χ1n) is 7.91. The highest BCUT2D eigenvalue weighted by Crippen LogP contribution is 2.24. The lowest BCUT2D eigenvalue weighted by Gasteiger charge is -2.21. The Balaban J connectivity index is 2.41. The van der Waals surface area contributed by atoms with Crippen LogP contribution >= 0.6 is 0 Å². The van der Waals surface area contributed by atoms with Crippen molar-refractivity contribution in [3.8, 4) is 0 Å². The molecule has 0 fully saturated rings. The van der Waals surface area contributed by atoms with Crippen LogP contribution in [-0.4, -0.2) is 11.5 Å². The SMILES string of the molecule is CCCNC(c1cccc(CC)c1)c1cc(C)nc(C)c1. The highest BCUT2D eigenvalue weighted by atomic mass is 14.9. The fourth-order valence-corrected chi connectivity index (χ4v) is 2.74. The van der Waals surface area contributed by atoms with E-state index in [1.54, 1.807) is 0 Å². The number of hydrogen-bond acceptors (Lipinski definition) is 2. The third-order valence-electron chi connectivity index (χ3n) is 3.73. The molecule has 1 unspecified atom stereocenters. The van der Waals surface area contributed by atoms with E-state index in [4.69, 9.17) is 0 Å². The molecule has 2 aromatic rings. The maximum absolute atomic E-state index is 4.50. The van der Waals surface area contributed by atoms with Gasteiger partial charge in [0.1, 0.15) is 0 Å². The minimum atomic E-state index is 0.247. The van der Waals surface area contributed by atoms with Gasteiger partial charge in [-0.2, -0.15) is 0 Å². The summed E-state index contributed by atoms with van der Waals surface area (Å²) in [4.78, 5) is 4.50. The van der Waals surface area contributed by atoms with Crippen molar-refractivity contribution in [1.82, 2.24) is 10.3 Å². The van der Waals surface area contributed by atoms with E-state index in [1.165, 1.54) is 16.7 Å². The molecule has 2 heteroatoms. The van der Waals surface area contributed by atoms with Crippen molar-refractivity contribution in [3.63, 3.8) is 0 Å². The molecule has 1 aromatic carbocycles. The topological polar surface area (TPSA) is 24.9 Å². The third-order valence-corrected chi connectivity index (χ3v) is 3.73. The molecule has 2 rings (SSSR count). The van der Waals surface area contributed by atoms with Gasteiger partial charge < -0.3 is 5.32 Å². The quantitative estimate of drug-likeness (QED) is 0.852. The summed E-state index contributed by atoms with van der Waals surface area (Å²) in [5.74, 6) is 0. The second-order valence-electron chi connectivity index (χ2n) is 5.67. The minimum Gasteiger partial charge on any atom is -0.306 e. The number of rotatable bonds is 6. The number of pyridine rings is 1. The Hall–Kier alpha value is -1.67. The van der Waals surface area contributed by atoms with Gasteiger partial charge in [-0.15, -0.1) is 0 Å². The smallest absolute Gasteiger partial charge is 0.0578 e. The average molecular weight is 282 g/mol. The summed E-state index contributed by atoms with van der Waals surface area (Å²) >= 11 is 0. The van der Waals surface area contributed by atoms with E-state index in [9.17, 15) is 0 Å². The van der Waals surface area contributed by atoms with Gasteiger partial charge in [0.15, 0.2) is 0 Å². The Labute approximate surface area is 128 Å². The van der Waals surface area contributed by atoms with Crippen molar-refractivity contribution in [2.45, 2.75) is 46.6 Å². The highest BCUT2D eigenvalue weighted by molar-refractivity contribution is 5.35. The van der Waals surface area contributed by atoms with Crippen molar-refractivity contribution in [2.75, 3.05) is 6.54 Å². The molecule has 112 valence electrons. The van der Waals surface area contributed by atoms with E-state index >= 15 is 0 Å². The molecule has 1 heterocycles. The molecule has 1 N–H and O–H groups in total. The first kappa shape index (κ1) is 15.7. The van der Waals surface area contributed by atoms with Crippen LogP contribution in [0.25, 0.3) is 0 Å². The van der Waals surface area contributed by atoms with Crippen LogP contribution in [0.15, 0.2) is 36.4 Å². The first-order valence-corrected chi connectivity index (χ1v) is 7.91. The Bertz CT molecular complexity index is 570. The number of nitrogens with zero attached hydrogens (tertiary/aromatic N) is 1. The van der Waals surface area contributed by atoms with Crippen molar-refractivity contribution < 1.29 is 0 Å². The molecule has 0 saturated heterocycles. The van der Waals surface area contributed by atoms with Crippen LogP contribution in [-0.2, 0) is 6.42 Å². The standard InChI is InChI=1S/C19H26N2/c1-5-10-20-19(17-9-7-8-16(6-2)13-17)18-11-14(3)21-15(4)12-18/h7-9,11-13,19-20H,5-6,10H2,1-4H3. The molecule has 0 aliphatic carbocycles. The average Bonchev–Trinajstić information content (AvgIpc) is 2.47. The van der Waals surface area contributed by atoms with Crippen LogP contribution in [0, 0.1) is 13.8 Å². The normalized spacial score (nSPS) is 12.4. The van der Waals surface area contributed by atoms with Crippen molar-refractivity contribution >= 4 is 0 Å². The lowest BCUT2D eigenvalue weighted by molar-refractivity contribution is 0.596. The third kappa shape index (κ3) is 4.15. The second-order valence-corrected chi connectivity index (χ2v) is 5.67. The summed E-state index contributed by atoms with van der Waals surface area (Å²) in [5.41, 5.74) is 6.20. The van der Waals surface area contributed by atoms with Crippen molar-refractivity contribution in [2.24, 2.45) is 0 Å². The number of hydrogen-bond donors (Lipinski definition) is 1. The van der Waals surface area contributed by atoms with E-state index in [0.29, 0.717) is 0 Å². The molecule has 0 saturated carbocycles. The first-order chi connectivity index (χ1) is 10.1. The zero-order valence-corrected chi connectivity index (χ0v) is 13.6. The van der Waals surface area contributed by atoms with E-state index in [2.05, 4.69) is 74.4 Å². The molecule has 0 amide bonds. The lowest BCUT2D eigenvalue weighted by atomic mass is 9.96. The summed E-state index contributed by atoms with van der Waals surface area (Å²) in [5, 5.41) is 3.68. The highest BCUT2D eigenvalue weighted by Gasteiger charge is 2.14. The minimum absolute atomic E-state index is 0.247. The van der Waals surface area contributed by atoms with Crippen LogP contribution in [0.1, 0.15) is 54.4 Å². The van der Waals surface area contributed by atoms with E-state index in [0.717, 1.165) is 30.8 Å². The fraction of sp³-hybridized carbons (Fsp3) is 0.421. The number of aryl methyl sites for hydroxylation is 3. The van der Waals surface area contributed by atoms with Gasteiger partial charge in [-0.25, -0.2) is 0 Å². The van der Waals surface area contributed by atoms with Gasteiger partial charge in [-0.1, -0.05) is 38.1 Å². The van der Waals surface area contributed by atoms with Crippen LogP contribution in [0.4, 0.5) is 0 Å². The maximum atomic E-state index is 4.50. The molecule has 0 bridgehead atoms. The van der Waals surface area contributed by atoms with Gasteiger partial charge in [-0.05, 0) is 62.1 Å². The van der Waals surface area contributed by atoms with Crippen LogP contribution in [0.3, 0.4) is 0 Å². The van der Waals surface area contributed by atoms with E-state index < -0.39 is 0 Å². The zero-order valence-electron chi connectivity index (χ0n) is 13.6. The molecule has 0 radical (unpaired) electrons. The largest absolute Gasteiger partial charge is 0.306 e. The van der Waals surface area contributed by atoms with Gasteiger partial charge in [0.2, 0.25) is 0 Å². The Kier molecular flexibility index (Phi) is 5.51.